The third-order valence-electron chi connectivity index (χ3n) is 3.64. The molecule has 0 saturated heterocycles. The van der Waals surface area contributed by atoms with Crippen LogP contribution in [-0.2, 0) is 16.6 Å². The fourth-order valence-corrected chi connectivity index (χ4v) is 2.20. The topological polar surface area (TPSA) is 59.1 Å². The molecule has 0 atom stereocenters. The predicted molar refractivity (Wildman–Crippen MR) is 90.4 cm³/mol. The molecule has 1 aromatic heterocycles. The number of carbonyl (C=O) groups is 2. The van der Waals surface area contributed by atoms with E-state index >= 15 is 0 Å². The maximum atomic E-state index is 12.1. The number of pyridine rings is 1. The van der Waals surface area contributed by atoms with Crippen LogP contribution < -0.4 is 5.32 Å². The molecule has 4 nitrogen and oxygen atoms in total. The second-order valence-electron chi connectivity index (χ2n) is 6.52. The van der Waals surface area contributed by atoms with E-state index in [1.807, 2.05) is 24.3 Å². The highest BCUT2D eigenvalue weighted by molar-refractivity contribution is 6.42. The molecule has 2 aromatic rings. The minimum absolute atomic E-state index is 0.0214. The first-order valence-corrected chi connectivity index (χ1v) is 7.70. The number of aromatic nitrogens is 1. The largest absolute Gasteiger partial charge is 0.349 e. The number of hydrogen-bond acceptors (Lipinski definition) is 3. The van der Waals surface area contributed by atoms with Crippen LogP contribution in [0.25, 0.3) is 0 Å². The third-order valence-corrected chi connectivity index (χ3v) is 3.64. The Bertz CT molecular complexity index is 671. The maximum absolute atomic E-state index is 12.1. The first kappa shape index (κ1) is 16.9. The first-order chi connectivity index (χ1) is 10.9. The Morgan fingerprint density at radius 2 is 1.78 bits per heavy atom. The van der Waals surface area contributed by atoms with Crippen LogP contribution in [0, 0.1) is 0 Å². The number of hydrogen-bond donors (Lipinski definition) is 1. The summed E-state index contributed by atoms with van der Waals surface area (Å²) in [7, 11) is 0. The number of nitrogens with zero attached hydrogens (tertiary/aromatic N) is 1. The van der Waals surface area contributed by atoms with Crippen LogP contribution in [0.1, 0.15) is 42.3 Å². The van der Waals surface area contributed by atoms with E-state index in [1.165, 1.54) is 0 Å². The molecule has 1 amide bonds. The minimum Gasteiger partial charge on any atom is -0.349 e. The zero-order valence-electron chi connectivity index (χ0n) is 13.8. The monoisotopic (exact) mass is 310 g/mol. The van der Waals surface area contributed by atoms with Crippen molar-refractivity contribution in [2.24, 2.45) is 0 Å². The average molecular weight is 310 g/mol. The predicted octanol–water partition coefficient (Wildman–Crippen LogP) is 2.92. The lowest BCUT2D eigenvalue weighted by Gasteiger charge is -2.18. The highest BCUT2D eigenvalue weighted by Gasteiger charge is 2.18. The van der Waals surface area contributed by atoms with Crippen molar-refractivity contribution < 1.29 is 9.59 Å². The first-order valence-electron chi connectivity index (χ1n) is 7.70. The summed E-state index contributed by atoms with van der Waals surface area (Å²) in [5, 5.41) is 2.66. The third kappa shape index (κ3) is 4.74. The molecule has 4 heteroatoms. The van der Waals surface area contributed by atoms with Gasteiger partial charge in [0, 0.05) is 24.5 Å². The molecule has 0 saturated carbocycles. The van der Waals surface area contributed by atoms with Gasteiger partial charge >= 0.3 is 0 Å². The molecule has 0 aliphatic carbocycles. The number of rotatable bonds is 5. The van der Waals surface area contributed by atoms with E-state index in [2.05, 4.69) is 31.1 Å². The normalized spacial score (nSPS) is 11.1. The number of amides is 1. The Labute approximate surface area is 137 Å². The molecule has 0 unspecified atom stereocenters. The second kappa shape index (κ2) is 7.18. The van der Waals surface area contributed by atoms with Gasteiger partial charge in [0.1, 0.15) is 0 Å². The van der Waals surface area contributed by atoms with Crippen molar-refractivity contribution in [2.45, 2.75) is 32.6 Å². The molecule has 0 bridgehead atoms. The Morgan fingerprint density at radius 3 is 2.35 bits per heavy atom. The van der Waals surface area contributed by atoms with Gasteiger partial charge in [-0.1, -0.05) is 51.1 Å². The zero-order chi connectivity index (χ0) is 16.9. The van der Waals surface area contributed by atoms with E-state index in [4.69, 9.17) is 0 Å². The molecule has 0 radical (unpaired) electrons. The van der Waals surface area contributed by atoms with Gasteiger partial charge in [-0.2, -0.15) is 0 Å². The van der Waals surface area contributed by atoms with Gasteiger partial charge in [0.15, 0.2) is 0 Å². The quantitative estimate of drug-likeness (QED) is 0.682. The van der Waals surface area contributed by atoms with Gasteiger partial charge in [-0.05, 0) is 29.0 Å². The summed E-state index contributed by atoms with van der Waals surface area (Å²) in [6.07, 6.45) is 4.10. The van der Waals surface area contributed by atoms with Gasteiger partial charge in [0.2, 0.25) is 5.78 Å². The smallest absolute Gasteiger partial charge is 0.292 e. The van der Waals surface area contributed by atoms with E-state index in [9.17, 15) is 9.59 Å². The molecule has 0 spiro atoms. The summed E-state index contributed by atoms with van der Waals surface area (Å²) in [6, 6.07) is 11.0. The van der Waals surface area contributed by atoms with Crippen LogP contribution in [0.3, 0.4) is 0 Å². The van der Waals surface area contributed by atoms with E-state index in [-0.39, 0.29) is 5.41 Å². The lowest BCUT2D eigenvalue weighted by molar-refractivity contribution is -0.116. The molecular weight excluding hydrogens is 288 g/mol. The van der Waals surface area contributed by atoms with Gasteiger partial charge in [0.05, 0.1) is 0 Å². The Kier molecular flexibility index (Phi) is 5.27. The number of benzene rings is 1. The molecule has 1 heterocycles. The average Bonchev–Trinajstić information content (AvgIpc) is 2.54. The van der Waals surface area contributed by atoms with E-state index in [0.717, 1.165) is 11.1 Å². The highest BCUT2D eigenvalue weighted by Crippen LogP contribution is 2.22. The van der Waals surface area contributed by atoms with Gasteiger partial charge in [-0.15, -0.1) is 0 Å². The van der Waals surface area contributed by atoms with E-state index in [0.29, 0.717) is 18.5 Å². The standard InChI is InChI=1S/C19H22N2O2/c1-19(2,3)16-8-6-15(7-9-16)17(22)18(23)21-12-10-14-5-4-11-20-13-14/h4-9,11,13H,10,12H2,1-3H3,(H,21,23). The van der Waals surface area contributed by atoms with E-state index < -0.39 is 11.7 Å². The summed E-state index contributed by atoms with van der Waals surface area (Å²) in [6.45, 7) is 6.73. The van der Waals surface area contributed by atoms with Crippen LogP contribution in [-0.4, -0.2) is 23.2 Å². The van der Waals surface area contributed by atoms with Crippen molar-refractivity contribution in [1.82, 2.24) is 10.3 Å². The molecule has 1 N–H and O–H groups in total. The van der Waals surface area contributed by atoms with Crippen molar-refractivity contribution in [3.8, 4) is 0 Å². The van der Waals surface area contributed by atoms with Crippen molar-refractivity contribution in [1.29, 1.82) is 0 Å². The number of carbonyl (C=O) groups excluding carboxylic acids is 2. The lowest BCUT2D eigenvalue weighted by atomic mass is 9.86. The fraction of sp³-hybridized carbons (Fsp3) is 0.316. The second-order valence-corrected chi connectivity index (χ2v) is 6.52. The molecule has 0 aliphatic rings. The molecule has 0 aliphatic heterocycles. The van der Waals surface area contributed by atoms with Gasteiger partial charge in [-0.25, -0.2) is 0 Å². The minimum atomic E-state index is -0.572. The molecule has 23 heavy (non-hydrogen) atoms. The Morgan fingerprint density at radius 1 is 1.09 bits per heavy atom. The molecule has 0 fully saturated rings. The summed E-state index contributed by atoms with van der Waals surface area (Å²) < 4.78 is 0. The zero-order valence-corrected chi connectivity index (χ0v) is 13.8. The van der Waals surface area contributed by atoms with Crippen LogP contribution in [0.5, 0.6) is 0 Å². The number of nitrogens with one attached hydrogen (secondary N) is 1. The van der Waals surface area contributed by atoms with Crippen LogP contribution in [0.4, 0.5) is 0 Å². The van der Waals surface area contributed by atoms with Crippen molar-refractivity contribution in [3.05, 3.63) is 65.5 Å². The van der Waals surface area contributed by atoms with Crippen molar-refractivity contribution >= 4 is 11.7 Å². The van der Waals surface area contributed by atoms with Crippen LogP contribution >= 0.6 is 0 Å². The number of ketones is 1. The molecular formula is C19H22N2O2. The fourth-order valence-electron chi connectivity index (χ4n) is 2.20. The van der Waals surface area contributed by atoms with Crippen molar-refractivity contribution in [2.75, 3.05) is 6.54 Å². The molecule has 120 valence electrons. The summed E-state index contributed by atoms with van der Waals surface area (Å²) in [4.78, 5) is 28.1. The van der Waals surface area contributed by atoms with Crippen LogP contribution in [0.2, 0.25) is 0 Å². The van der Waals surface area contributed by atoms with Crippen molar-refractivity contribution in [3.63, 3.8) is 0 Å². The molecule has 2 rings (SSSR count). The van der Waals surface area contributed by atoms with Crippen LogP contribution in [0.15, 0.2) is 48.8 Å². The summed E-state index contributed by atoms with van der Waals surface area (Å²) in [5.41, 5.74) is 2.59. The lowest BCUT2D eigenvalue weighted by Crippen LogP contribution is -2.32. The Balaban J connectivity index is 1.91. The summed E-state index contributed by atoms with van der Waals surface area (Å²) in [5.74, 6) is -1.07. The highest BCUT2D eigenvalue weighted by atomic mass is 16.2. The SMILES string of the molecule is CC(C)(C)c1ccc(C(=O)C(=O)NCCc2cccnc2)cc1. The van der Waals surface area contributed by atoms with Gasteiger partial charge in [-0.3, -0.25) is 14.6 Å². The van der Waals surface area contributed by atoms with Gasteiger partial charge < -0.3 is 5.32 Å². The van der Waals surface area contributed by atoms with Gasteiger partial charge in [0.25, 0.3) is 5.91 Å². The Hall–Kier alpha value is -2.49. The van der Waals surface area contributed by atoms with E-state index in [1.54, 1.807) is 24.5 Å². The number of Topliss-reactive ketones (excluding diaryl/α,β-unsaturated/α-hetero) is 1. The maximum Gasteiger partial charge on any atom is 0.292 e. The summed E-state index contributed by atoms with van der Waals surface area (Å²) >= 11 is 0. The molecule has 1 aromatic carbocycles.